The summed E-state index contributed by atoms with van der Waals surface area (Å²) in [6, 6.07) is 4.72. The number of benzene rings is 1. The Balaban J connectivity index is 1.83. The van der Waals surface area contributed by atoms with Crippen molar-refractivity contribution in [1.29, 1.82) is 0 Å². The number of allylic oxidation sites excluding steroid dienone is 2. The van der Waals surface area contributed by atoms with Crippen LogP contribution in [0.3, 0.4) is 0 Å². The lowest BCUT2D eigenvalue weighted by atomic mass is 9.53. The van der Waals surface area contributed by atoms with E-state index in [4.69, 9.17) is 0 Å². The van der Waals surface area contributed by atoms with Crippen LogP contribution < -0.4 is 5.32 Å². The maximum Gasteiger partial charge on any atom is 0.454 e. The average molecular weight is 369 g/mol. The molecule has 1 atom stereocenters. The number of rotatable bonds is 6. The number of ketones is 1. The van der Waals surface area contributed by atoms with Crippen LogP contribution in [-0.2, 0) is 16.0 Å². The number of alkyl halides is 3. The van der Waals surface area contributed by atoms with Crippen molar-refractivity contribution in [3.05, 3.63) is 41.1 Å². The van der Waals surface area contributed by atoms with Crippen molar-refractivity contribution in [3.8, 4) is 5.75 Å². The van der Waals surface area contributed by atoms with E-state index >= 15 is 0 Å². The second kappa shape index (κ2) is 6.34. The summed E-state index contributed by atoms with van der Waals surface area (Å²) in [5.74, 6) is -3.07. The third kappa shape index (κ3) is 3.27. The molecule has 140 valence electrons. The highest BCUT2D eigenvalue weighted by Crippen LogP contribution is 2.60. The molecule has 1 spiro atoms. The molecule has 0 radical (unpaired) electrons. The molecule has 26 heavy (non-hydrogen) atoms. The van der Waals surface area contributed by atoms with E-state index in [2.05, 4.69) is 5.32 Å². The van der Waals surface area contributed by atoms with Crippen LogP contribution in [0.5, 0.6) is 5.75 Å². The molecule has 1 saturated carbocycles. The maximum atomic E-state index is 12.9. The Morgan fingerprint density at radius 2 is 1.81 bits per heavy atom. The van der Waals surface area contributed by atoms with E-state index < -0.39 is 29.4 Å². The zero-order valence-corrected chi connectivity index (χ0v) is 13.8. The van der Waals surface area contributed by atoms with Gasteiger partial charge in [-0.25, -0.2) is 4.79 Å². The van der Waals surface area contributed by atoms with Gasteiger partial charge in [0.1, 0.15) is 11.8 Å². The molecule has 0 saturated heterocycles. The first-order chi connectivity index (χ1) is 12.1. The van der Waals surface area contributed by atoms with E-state index in [-0.39, 0.29) is 29.9 Å². The Labute approximate surface area is 147 Å². The second-order valence-corrected chi connectivity index (χ2v) is 6.90. The highest BCUT2D eigenvalue weighted by molar-refractivity contribution is 6.03. The van der Waals surface area contributed by atoms with Crippen molar-refractivity contribution in [2.24, 2.45) is 5.41 Å². The van der Waals surface area contributed by atoms with E-state index in [1.54, 1.807) is 0 Å². The number of phenolic OH excluding ortho intramolecular Hbond substituents is 1. The summed E-state index contributed by atoms with van der Waals surface area (Å²) in [4.78, 5) is 23.3. The minimum atomic E-state index is -4.97. The lowest BCUT2D eigenvalue weighted by Crippen LogP contribution is -2.52. The highest BCUT2D eigenvalue weighted by atomic mass is 19.4. The third-order valence-corrected chi connectivity index (χ3v) is 5.17. The summed E-state index contributed by atoms with van der Waals surface area (Å²) >= 11 is 0. The number of carboxylic acids is 1. The van der Waals surface area contributed by atoms with Gasteiger partial charge in [-0.15, -0.1) is 0 Å². The summed E-state index contributed by atoms with van der Waals surface area (Å²) in [5.41, 5.74) is -0.354. The molecule has 2 aliphatic carbocycles. The number of phenols is 1. The summed E-state index contributed by atoms with van der Waals surface area (Å²) in [6.07, 6.45) is -2.89. The number of hydrogen-bond acceptors (Lipinski definition) is 4. The molecule has 0 aromatic heterocycles. The first-order valence-electron chi connectivity index (χ1n) is 8.25. The van der Waals surface area contributed by atoms with Crippen molar-refractivity contribution in [2.45, 2.75) is 44.3 Å². The Bertz CT molecular complexity index is 764. The zero-order valence-electron chi connectivity index (χ0n) is 13.8. The van der Waals surface area contributed by atoms with Gasteiger partial charge in [0.15, 0.2) is 0 Å². The molecule has 0 aliphatic heterocycles. The molecule has 1 fully saturated rings. The number of nitrogens with one attached hydrogen (secondary N) is 1. The fourth-order valence-electron chi connectivity index (χ4n) is 3.68. The lowest BCUT2D eigenvalue weighted by molar-refractivity contribution is -0.169. The van der Waals surface area contributed by atoms with Gasteiger partial charge in [0.25, 0.3) is 5.78 Å². The summed E-state index contributed by atoms with van der Waals surface area (Å²) in [7, 11) is 0. The number of carboxylic acid groups (broad SMARTS) is 1. The lowest BCUT2D eigenvalue weighted by Gasteiger charge is -2.52. The van der Waals surface area contributed by atoms with Crippen LogP contribution in [0, 0.1) is 5.41 Å². The van der Waals surface area contributed by atoms with Gasteiger partial charge < -0.3 is 15.5 Å². The Morgan fingerprint density at radius 3 is 2.27 bits per heavy atom. The molecule has 3 rings (SSSR count). The Morgan fingerprint density at radius 1 is 1.19 bits per heavy atom. The zero-order chi connectivity index (χ0) is 19.1. The number of carbonyl (C=O) groups excluding carboxylic acids is 1. The molecular weight excluding hydrogens is 351 g/mol. The van der Waals surface area contributed by atoms with Crippen LogP contribution in [-0.4, -0.2) is 34.2 Å². The monoisotopic (exact) mass is 369 g/mol. The first kappa shape index (κ1) is 18.3. The topological polar surface area (TPSA) is 86.6 Å². The summed E-state index contributed by atoms with van der Waals surface area (Å²) in [6.45, 7) is 0. The van der Waals surface area contributed by atoms with Crippen LogP contribution in [0.4, 0.5) is 13.2 Å². The number of aliphatic carboxylic acids is 1. The quantitative estimate of drug-likeness (QED) is 0.718. The molecule has 1 aromatic rings. The van der Waals surface area contributed by atoms with Crippen molar-refractivity contribution in [1.82, 2.24) is 5.32 Å². The SMILES string of the molecule is O=C(O)C(Cc1ccc(O)cc1)NC1=C(C(=O)C(F)(F)F)C2(CCC2)C1. The van der Waals surface area contributed by atoms with Crippen LogP contribution in [0.2, 0.25) is 0 Å². The van der Waals surface area contributed by atoms with E-state index in [0.717, 1.165) is 6.42 Å². The average Bonchev–Trinajstić information content (AvgIpc) is 2.48. The van der Waals surface area contributed by atoms with Gasteiger partial charge in [-0.1, -0.05) is 18.6 Å². The van der Waals surface area contributed by atoms with Gasteiger partial charge in [0, 0.05) is 23.1 Å². The van der Waals surface area contributed by atoms with E-state index in [9.17, 15) is 33.0 Å². The molecule has 8 heteroatoms. The van der Waals surface area contributed by atoms with Gasteiger partial charge >= 0.3 is 12.1 Å². The normalized spacial score (nSPS) is 19.5. The maximum absolute atomic E-state index is 12.9. The molecule has 0 amide bonds. The third-order valence-electron chi connectivity index (χ3n) is 5.17. The fraction of sp³-hybridized carbons (Fsp3) is 0.444. The molecule has 0 heterocycles. The molecule has 1 aromatic carbocycles. The minimum absolute atomic E-state index is 0.0135. The number of hydrogen-bond donors (Lipinski definition) is 3. The number of carbonyl (C=O) groups is 2. The Hall–Kier alpha value is -2.51. The van der Waals surface area contributed by atoms with Crippen molar-refractivity contribution in [2.75, 3.05) is 0 Å². The van der Waals surface area contributed by atoms with Gasteiger partial charge in [-0.05, 0) is 37.0 Å². The van der Waals surface area contributed by atoms with Crippen molar-refractivity contribution < 1.29 is 33.0 Å². The van der Waals surface area contributed by atoms with Crippen LogP contribution in [0.25, 0.3) is 0 Å². The predicted molar refractivity (Wildman–Crippen MR) is 85.4 cm³/mol. The predicted octanol–water partition coefficient (Wildman–Crippen LogP) is 2.94. The van der Waals surface area contributed by atoms with Crippen LogP contribution in [0.15, 0.2) is 35.5 Å². The standard InChI is InChI=1S/C18H18F3NO4/c19-18(20,21)15(24)14-13(9-17(14)6-1-7-17)22-12(16(25)26)8-10-2-4-11(23)5-3-10/h2-5,12,22-23H,1,6-9H2,(H,25,26). The second-order valence-electron chi connectivity index (χ2n) is 6.90. The number of Topliss-reactive ketones (excluding diaryl/α,β-unsaturated/α-hetero) is 1. The van der Waals surface area contributed by atoms with E-state index in [1.807, 2.05) is 0 Å². The first-order valence-corrected chi connectivity index (χ1v) is 8.25. The van der Waals surface area contributed by atoms with Crippen LogP contribution >= 0.6 is 0 Å². The van der Waals surface area contributed by atoms with Gasteiger partial charge in [0.2, 0.25) is 0 Å². The Kier molecular flexibility index (Phi) is 4.46. The number of aromatic hydroxyl groups is 1. The largest absolute Gasteiger partial charge is 0.508 e. The van der Waals surface area contributed by atoms with Crippen molar-refractivity contribution in [3.63, 3.8) is 0 Å². The molecular formula is C18H18F3NO4. The van der Waals surface area contributed by atoms with E-state index in [0.29, 0.717) is 18.4 Å². The highest BCUT2D eigenvalue weighted by Gasteiger charge is 2.57. The molecule has 0 bridgehead atoms. The number of halogens is 3. The molecule has 5 nitrogen and oxygen atoms in total. The fourth-order valence-corrected chi connectivity index (χ4v) is 3.68. The van der Waals surface area contributed by atoms with Gasteiger partial charge in [0.05, 0.1) is 0 Å². The molecule has 3 N–H and O–H groups in total. The summed E-state index contributed by atoms with van der Waals surface area (Å²) < 4.78 is 38.8. The van der Waals surface area contributed by atoms with Crippen LogP contribution in [0.1, 0.15) is 31.2 Å². The molecule has 1 unspecified atom stereocenters. The van der Waals surface area contributed by atoms with Gasteiger partial charge in [-0.2, -0.15) is 13.2 Å². The van der Waals surface area contributed by atoms with Gasteiger partial charge in [-0.3, -0.25) is 4.79 Å². The van der Waals surface area contributed by atoms with Crippen molar-refractivity contribution >= 4 is 11.8 Å². The minimum Gasteiger partial charge on any atom is -0.508 e. The smallest absolute Gasteiger partial charge is 0.454 e. The van der Waals surface area contributed by atoms with E-state index in [1.165, 1.54) is 24.3 Å². The molecule has 2 aliphatic rings. The summed E-state index contributed by atoms with van der Waals surface area (Å²) in [5, 5.41) is 21.3.